The molecule has 0 aliphatic carbocycles. The van der Waals surface area contributed by atoms with Gasteiger partial charge in [0.15, 0.2) is 0 Å². The van der Waals surface area contributed by atoms with Crippen LogP contribution in [0.25, 0.3) is 0 Å². The lowest BCUT2D eigenvalue weighted by molar-refractivity contribution is -0.133. The summed E-state index contributed by atoms with van der Waals surface area (Å²) in [7, 11) is 3.08. The molecule has 0 bridgehead atoms. The van der Waals surface area contributed by atoms with Gasteiger partial charge in [0, 0.05) is 61.5 Å². The zero-order valence-corrected chi connectivity index (χ0v) is 23.6. The van der Waals surface area contributed by atoms with Crippen molar-refractivity contribution in [2.24, 2.45) is 0 Å². The third-order valence-electron chi connectivity index (χ3n) is 6.57. The molecule has 1 fully saturated rings. The molecule has 1 saturated heterocycles. The number of methoxy groups -OCH3 is 2. The molecule has 9 nitrogen and oxygen atoms in total. The van der Waals surface area contributed by atoms with Gasteiger partial charge in [-0.15, -0.1) is 11.3 Å². The van der Waals surface area contributed by atoms with Crippen LogP contribution in [0.1, 0.15) is 10.4 Å². The van der Waals surface area contributed by atoms with Gasteiger partial charge in [-0.3, -0.25) is 9.69 Å². The lowest BCUT2D eigenvalue weighted by Gasteiger charge is -2.31. The van der Waals surface area contributed by atoms with Crippen molar-refractivity contribution in [3.8, 4) is 11.5 Å². The number of nitrogens with one attached hydrogen (secondary N) is 1. The van der Waals surface area contributed by atoms with Crippen LogP contribution in [0.3, 0.4) is 0 Å². The van der Waals surface area contributed by atoms with E-state index in [0.29, 0.717) is 56.6 Å². The Morgan fingerprint density at radius 2 is 1.70 bits per heavy atom. The average molecular weight is 571 g/mol. The van der Waals surface area contributed by atoms with Crippen molar-refractivity contribution < 1.29 is 28.2 Å². The van der Waals surface area contributed by atoms with Crippen molar-refractivity contribution >= 4 is 29.0 Å². The van der Waals surface area contributed by atoms with Crippen LogP contribution >= 0.6 is 11.3 Å². The van der Waals surface area contributed by atoms with E-state index < -0.39 is 6.03 Å². The summed E-state index contributed by atoms with van der Waals surface area (Å²) in [6.07, 6.45) is 0. The minimum Gasteiger partial charge on any atom is -0.497 e. The van der Waals surface area contributed by atoms with Gasteiger partial charge in [0.05, 0.1) is 34.0 Å². The molecule has 0 atom stereocenters. The van der Waals surface area contributed by atoms with Crippen LogP contribution < -0.4 is 14.8 Å². The zero-order chi connectivity index (χ0) is 28.3. The highest BCUT2D eigenvalue weighted by molar-refractivity contribution is 7.09. The molecule has 1 N–H and O–H groups in total. The van der Waals surface area contributed by atoms with Crippen molar-refractivity contribution in [2.45, 2.75) is 13.1 Å². The maximum atomic E-state index is 13.7. The van der Waals surface area contributed by atoms with Gasteiger partial charge in [-0.05, 0) is 29.1 Å². The average Bonchev–Trinajstić information content (AvgIpc) is 3.49. The van der Waals surface area contributed by atoms with Gasteiger partial charge in [-0.1, -0.05) is 18.2 Å². The van der Waals surface area contributed by atoms with Gasteiger partial charge in [-0.25, -0.2) is 9.18 Å². The molecule has 0 saturated carbocycles. The molecule has 2 aromatic carbocycles. The van der Waals surface area contributed by atoms with Gasteiger partial charge in [0.2, 0.25) is 5.91 Å². The largest absolute Gasteiger partial charge is 0.497 e. The number of carbonyl (C=O) groups excluding carboxylic acids is 2. The molecule has 40 heavy (non-hydrogen) atoms. The van der Waals surface area contributed by atoms with Gasteiger partial charge < -0.3 is 29.3 Å². The third kappa shape index (κ3) is 8.67. The number of amides is 3. The van der Waals surface area contributed by atoms with Gasteiger partial charge in [-0.2, -0.15) is 0 Å². The molecule has 3 aromatic rings. The highest BCUT2D eigenvalue weighted by atomic mass is 32.1. The van der Waals surface area contributed by atoms with Crippen molar-refractivity contribution in [3.63, 3.8) is 0 Å². The fourth-order valence-electron chi connectivity index (χ4n) is 4.32. The predicted molar refractivity (Wildman–Crippen MR) is 152 cm³/mol. The minimum atomic E-state index is -0.408. The van der Waals surface area contributed by atoms with E-state index in [1.165, 1.54) is 31.3 Å². The molecule has 0 spiro atoms. The summed E-state index contributed by atoms with van der Waals surface area (Å²) in [6.45, 7) is 4.34. The summed E-state index contributed by atoms with van der Waals surface area (Å²) in [5, 5.41) is 4.86. The minimum absolute atomic E-state index is 0.121. The van der Waals surface area contributed by atoms with Crippen molar-refractivity contribution in [3.05, 3.63) is 76.2 Å². The number of thiophene rings is 1. The number of morpholine rings is 1. The van der Waals surface area contributed by atoms with Crippen molar-refractivity contribution in [1.82, 2.24) is 14.7 Å². The van der Waals surface area contributed by atoms with E-state index in [1.807, 2.05) is 17.5 Å². The number of hydrogen-bond donors (Lipinski definition) is 1. The Labute approximate surface area is 238 Å². The molecule has 1 aromatic heterocycles. The standard InChI is InChI=1S/C29H35FN4O5S/c1-37-25-16-24(17-26(18-25)38-2)31-29(36)33(10-9-32-11-13-39-14-12-32)21-28(35)34(20-27-4-3-15-40-27)19-22-5-7-23(30)8-6-22/h3-8,15-18H,9-14,19-21H2,1-2H3,(H,31,36). The first-order valence-electron chi connectivity index (χ1n) is 13.1. The summed E-state index contributed by atoms with van der Waals surface area (Å²) in [5.41, 5.74) is 1.30. The normalized spacial score (nSPS) is 13.5. The highest BCUT2D eigenvalue weighted by Crippen LogP contribution is 2.26. The molecule has 3 amide bonds. The number of hydrogen-bond acceptors (Lipinski definition) is 7. The van der Waals surface area contributed by atoms with Crippen LogP contribution in [0, 0.1) is 5.82 Å². The Bertz CT molecular complexity index is 1210. The number of nitrogens with zero attached hydrogens (tertiary/aromatic N) is 3. The SMILES string of the molecule is COc1cc(NC(=O)N(CCN2CCOCC2)CC(=O)N(Cc2ccc(F)cc2)Cc2cccs2)cc(OC)c1. The van der Waals surface area contributed by atoms with E-state index >= 15 is 0 Å². The lowest BCUT2D eigenvalue weighted by Crippen LogP contribution is -2.48. The Hall–Kier alpha value is -3.67. The van der Waals surface area contributed by atoms with E-state index in [2.05, 4.69) is 10.2 Å². The molecule has 4 rings (SSSR count). The van der Waals surface area contributed by atoms with Crippen LogP contribution in [-0.4, -0.2) is 86.8 Å². The topological polar surface area (TPSA) is 83.6 Å². The molecular weight excluding hydrogens is 535 g/mol. The molecular formula is C29H35FN4O5S. The fraction of sp³-hybridized carbons (Fsp3) is 0.379. The lowest BCUT2D eigenvalue weighted by atomic mass is 10.2. The maximum Gasteiger partial charge on any atom is 0.322 e. The van der Waals surface area contributed by atoms with Gasteiger partial charge in [0.25, 0.3) is 0 Å². The smallest absolute Gasteiger partial charge is 0.322 e. The van der Waals surface area contributed by atoms with E-state index in [0.717, 1.165) is 23.5 Å². The number of rotatable bonds is 12. The van der Waals surface area contributed by atoms with E-state index in [1.54, 1.807) is 46.6 Å². The summed E-state index contributed by atoms with van der Waals surface area (Å²) in [4.78, 5) is 33.7. The van der Waals surface area contributed by atoms with Crippen LogP contribution in [-0.2, 0) is 22.6 Å². The molecule has 2 heterocycles. The van der Waals surface area contributed by atoms with E-state index in [4.69, 9.17) is 14.2 Å². The molecule has 1 aliphatic rings. The Kier molecular flexibility index (Phi) is 10.7. The number of carbonyl (C=O) groups is 2. The van der Waals surface area contributed by atoms with Crippen molar-refractivity contribution in [1.29, 1.82) is 0 Å². The molecule has 0 unspecified atom stereocenters. The summed E-state index contributed by atoms with van der Waals surface area (Å²) in [5.74, 6) is 0.525. The number of halogens is 1. The second-order valence-corrected chi connectivity index (χ2v) is 10.4. The Morgan fingerprint density at radius 1 is 1.00 bits per heavy atom. The number of urea groups is 1. The zero-order valence-electron chi connectivity index (χ0n) is 22.8. The first-order valence-corrected chi connectivity index (χ1v) is 13.9. The molecule has 11 heteroatoms. The summed E-state index contributed by atoms with van der Waals surface area (Å²) in [6, 6.07) is 14.7. The Morgan fingerprint density at radius 3 is 2.33 bits per heavy atom. The Balaban J connectivity index is 1.52. The van der Waals surface area contributed by atoms with E-state index in [-0.39, 0.29) is 18.3 Å². The summed E-state index contributed by atoms with van der Waals surface area (Å²) < 4.78 is 29.6. The highest BCUT2D eigenvalue weighted by Gasteiger charge is 2.24. The summed E-state index contributed by atoms with van der Waals surface area (Å²) >= 11 is 1.56. The molecule has 1 aliphatic heterocycles. The second kappa shape index (κ2) is 14.6. The van der Waals surface area contributed by atoms with Crippen LogP contribution in [0.15, 0.2) is 60.0 Å². The second-order valence-electron chi connectivity index (χ2n) is 9.36. The third-order valence-corrected chi connectivity index (χ3v) is 7.43. The van der Waals surface area contributed by atoms with Crippen molar-refractivity contribution in [2.75, 3.05) is 65.5 Å². The number of anilines is 1. The van der Waals surface area contributed by atoms with Gasteiger partial charge >= 0.3 is 6.03 Å². The number of benzene rings is 2. The van der Waals surface area contributed by atoms with E-state index in [9.17, 15) is 14.0 Å². The monoisotopic (exact) mass is 570 g/mol. The van der Waals surface area contributed by atoms with Crippen LogP contribution in [0.2, 0.25) is 0 Å². The predicted octanol–water partition coefficient (Wildman–Crippen LogP) is 4.30. The fourth-order valence-corrected chi connectivity index (χ4v) is 5.04. The maximum absolute atomic E-state index is 13.7. The molecule has 0 radical (unpaired) electrons. The number of ether oxygens (including phenoxy) is 3. The van der Waals surface area contributed by atoms with Gasteiger partial charge in [0.1, 0.15) is 23.9 Å². The van der Waals surface area contributed by atoms with Crippen LogP contribution in [0.5, 0.6) is 11.5 Å². The van der Waals surface area contributed by atoms with Crippen LogP contribution in [0.4, 0.5) is 14.9 Å². The first-order chi connectivity index (χ1) is 19.4. The molecule has 214 valence electrons. The quantitative estimate of drug-likeness (QED) is 0.350. The first kappa shape index (κ1) is 29.3.